The van der Waals surface area contributed by atoms with Crippen LogP contribution < -0.4 is 10.1 Å². The molecule has 2 aromatic heterocycles. The first kappa shape index (κ1) is 20.0. The topological polar surface area (TPSA) is 82.2 Å². The van der Waals surface area contributed by atoms with Crippen LogP contribution in [0.4, 0.5) is 5.69 Å². The minimum atomic E-state index is -0.102. The van der Waals surface area contributed by atoms with Gasteiger partial charge in [-0.05, 0) is 43.2 Å². The lowest BCUT2D eigenvalue weighted by Gasteiger charge is -2.12. The van der Waals surface area contributed by atoms with E-state index in [1.54, 1.807) is 13.4 Å². The van der Waals surface area contributed by atoms with E-state index >= 15 is 0 Å². The number of hydrogen-bond acceptors (Lipinski definition) is 6. The van der Waals surface area contributed by atoms with E-state index < -0.39 is 0 Å². The van der Waals surface area contributed by atoms with Crippen LogP contribution in [0.25, 0.3) is 11.4 Å². The van der Waals surface area contributed by atoms with Crippen molar-refractivity contribution < 1.29 is 13.9 Å². The highest BCUT2D eigenvalue weighted by Crippen LogP contribution is 2.28. The standard InChI is InChI=1S/C20H24N4O3S/c1-13(2)11-24-19(17-9-10-27-14(17)3)22-23-20(24)28-12-18(25)21-15-5-7-16(26-4)8-6-15/h5-10,13H,11-12H2,1-4H3,(H,21,25). The zero-order chi connectivity index (χ0) is 20.1. The van der Waals surface area contributed by atoms with Crippen LogP contribution in [-0.2, 0) is 11.3 Å². The van der Waals surface area contributed by atoms with Crippen molar-refractivity contribution in [3.8, 4) is 17.1 Å². The monoisotopic (exact) mass is 400 g/mol. The zero-order valence-corrected chi connectivity index (χ0v) is 17.2. The lowest BCUT2D eigenvalue weighted by atomic mass is 10.2. The molecular formula is C20H24N4O3S. The van der Waals surface area contributed by atoms with Crippen LogP contribution >= 0.6 is 11.8 Å². The van der Waals surface area contributed by atoms with E-state index in [0.717, 1.165) is 35.1 Å². The van der Waals surface area contributed by atoms with Crippen LogP contribution in [0.2, 0.25) is 0 Å². The molecule has 3 aromatic rings. The lowest BCUT2D eigenvalue weighted by Crippen LogP contribution is -2.15. The van der Waals surface area contributed by atoms with Crippen molar-refractivity contribution in [1.82, 2.24) is 14.8 Å². The molecule has 148 valence electrons. The molecule has 0 atom stereocenters. The van der Waals surface area contributed by atoms with Crippen molar-refractivity contribution in [2.75, 3.05) is 18.2 Å². The summed E-state index contributed by atoms with van der Waals surface area (Å²) in [6.45, 7) is 6.93. The van der Waals surface area contributed by atoms with Crippen molar-refractivity contribution in [2.24, 2.45) is 5.92 Å². The summed E-state index contributed by atoms with van der Waals surface area (Å²) in [5, 5.41) is 12.2. The summed E-state index contributed by atoms with van der Waals surface area (Å²) < 4.78 is 12.6. The molecule has 0 aliphatic rings. The fourth-order valence-corrected chi connectivity index (χ4v) is 3.49. The molecule has 0 unspecified atom stereocenters. The second kappa shape index (κ2) is 8.97. The van der Waals surface area contributed by atoms with E-state index in [9.17, 15) is 4.79 Å². The molecule has 7 nitrogen and oxygen atoms in total. The molecular weight excluding hydrogens is 376 g/mol. The predicted octanol–water partition coefficient (Wildman–Crippen LogP) is 4.24. The molecule has 0 saturated carbocycles. The number of rotatable bonds is 8. The Labute approximate surface area is 168 Å². The van der Waals surface area contributed by atoms with Gasteiger partial charge in [-0.25, -0.2) is 0 Å². The quantitative estimate of drug-likeness (QED) is 0.570. The maximum absolute atomic E-state index is 12.3. The molecule has 0 fully saturated rings. The average molecular weight is 401 g/mol. The number of nitrogens with one attached hydrogen (secondary N) is 1. The number of ether oxygens (including phenoxy) is 1. The Morgan fingerprint density at radius 1 is 1.25 bits per heavy atom. The van der Waals surface area contributed by atoms with Crippen molar-refractivity contribution in [3.63, 3.8) is 0 Å². The Bertz CT molecular complexity index is 931. The Balaban J connectivity index is 1.70. The van der Waals surface area contributed by atoms with Gasteiger partial charge in [0.2, 0.25) is 5.91 Å². The summed E-state index contributed by atoms with van der Waals surface area (Å²) in [6, 6.07) is 9.12. The van der Waals surface area contributed by atoms with E-state index in [4.69, 9.17) is 9.15 Å². The molecule has 0 aliphatic carbocycles. The Morgan fingerprint density at radius 2 is 2.00 bits per heavy atom. The number of carbonyl (C=O) groups excluding carboxylic acids is 1. The first-order valence-corrected chi connectivity index (χ1v) is 10.0. The van der Waals surface area contributed by atoms with Gasteiger partial charge in [0, 0.05) is 12.2 Å². The minimum Gasteiger partial charge on any atom is -0.497 e. The van der Waals surface area contributed by atoms with Crippen LogP contribution in [0.5, 0.6) is 5.75 Å². The maximum Gasteiger partial charge on any atom is 0.234 e. The van der Waals surface area contributed by atoms with E-state index in [0.29, 0.717) is 11.1 Å². The van der Waals surface area contributed by atoms with Gasteiger partial charge in [-0.2, -0.15) is 0 Å². The molecule has 0 radical (unpaired) electrons. The van der Waals surface area contributed by atoms with E-state index in [1.807, 2.05) is 41.8 Å². The normalized spacial score (nSPS) is 11.0. The summed E-state index contributed by atoms with van der Waals surface area (Å²) in [6.07, 6.45) is 1.65. The minimum absolute atomic E-state index is 0.102. The number of benzene rings is 1. The van der Waals surface area contributed by atoms with Gasteiger partial charge >= 0.3 is 0 Å². The molecule has 0 spiro atoms. The van der Waals surface area contributed by atoms with Crippen LogP contribution in [0.15, 0.2) is 46.2 Å². The number of aromatic nitrogens is 3. The highest BCUT2D eigenvalue weighted by atomic mass is 32.2. The smallest absolute Gasteiger partial charge is 0.234 e. The number of methoxy groups -OCH3 is 1. The van der Waals surface area contributed by atoms with Gasteiger partial charge in [0.15, 0.2) is 11.0 Å². The maximum atomic E-state index is 12.3. The molecule has 0 aliphatic heterocycles. The summed E-state index contributed by atoms with van der Waals surface area (Å²) in [5.41, 5.74) is 1.65. The van der Waals surface area contributed by atoms with Crippen molar-refractivity contribution in [2.45, 2.75) is 32.5 Å². The van der Waals surface area contributed by atoms with E-state index in [1.165, 1.54) is 11.8 Å². The number of thioether (sulfide) groups is 1. The molecule has 3 rings (SSSR count). The largest absolute Gasteiger partial charge is 0.497 e. The van der Waals surface area contributed by atoms with Crippen LogP contribution in [0.3, 0.4) is 0 Å². The van der Waals surface area contributed by atoms with Crippen molar-refractivity contribution in [3.05, 3.63) is 42.4 Å². The molecule has 8 heteroatoms. The van der Waals surface area contributed by atoms with Crippen molar-refractivity contribution in [1.29, 1.82) is 0 Å². The third-order valence-corrected chi connectivity index (χ3v) is 5.04. The van der Waals surface area contributed by atoms with Gasteiger partial charge in [0.05, 0.1) is 24.7 Å². The number of carbonyl (C=O) groups is 1. The fraction of sp³-hybridized carbons (Fsp3) is 0.350. The predicted molar refractivity (Wildman–Crippen MR) is 110 cm³/mol. The number of nitrogens with zero attached hydrogens (tertiary/aromatic N) is 3. The van der Waals surface area contributed by atoms with E-state index in [2.05, 4.69) is 29.4 Å². The highest BCUT2D eigenvalue weighted by molar-refractivity contribution is 7.99. The molecule has 1 aromatic carbocycles. The third kappa shape index (κ3) is 4.75. The second-order valence-electron chi connectivity index (χ2n) is 6.77. The molecule has 0 saturated heterocycles. The van der Waals surface area contributed by atoms with Crippen LogP contribution in [0.1, 0.15) is 19.6 Å². The molecule has 0 bridgehead atoms. The third-order valence-electron chi connectivity index (χ3n) is 4.07. The second-order valence-corrected chi connectivity index (χ2v) is 7.71. The number of furan rings is 1. The molecule has 1 amide bonds. The summed E-state index contributed by atoms with van der Waals surface area (Å²) >= 11 is 1.37. The van der Waals surface area contributed by atoms with Crippen LogP contribution in [-0.4, -0.2) is 33.5 Å². The molecule has 2 heterocycles. The molecule has 28 heavy (non-hydrogen) atoms. The number of aryl methyl sites for hydroxylation is 1. The average Bonchev–Trinajstić information content (AvgIpc) is 3.26. The van der Waals surface area contributed by atoms with Crippen molar-refractivity contribution >= 4 is 23.4 Å². The SMILES string of the molecule is COc1ccc(NC(=O)CSc2nnc(-c3ccoc3C)n2CC(C)C)cc1. The summed E-state index contributed by atoms with van der Waals surface area (Å²) in [4.78, 5) is 12.3. The fourth-order valence-electron chi connectivity index (χ4n) is 2.74. The summed E-state index contributed by atoms with van der Waals surface area (Å²) in [7, 11) is 1.61. The first-order chi connectivity index (χ1) is 13.5. The lowest BCUT2D eigenvalue weighted by molar-refractivity contribution is -0.113. The van der Waals surface area contributed by atoms with Gasteiger partial charge in [-0.15, -0.1) is 10.2 Å². The van der Waals surface area contributed by atoms with Gasteiger partial charge in [0.25, 0.3) is 0 Å². The van der Waals surface area contributed by atoms with Gasteiger partial charge in [-0.3, -0.25) is 4.79 Å². The van der Waals surface area contributed by atoms with Gasteiger partial charge < -0.3 is 19.0 Å². The Morgan fingerprint density at radius 3 is 2.61 bits per heavy atom. The number of amides is 1. The van der Waals surface area contributed by atoms with Crippen LogP contribution in [0, 0.1) is 12.8 Å². The number of hydrogen-bond donors (Lipinski definition) is 1. The Kier molecular flexibility index (Phi) is 6.41. The number of anilines is 1. The summed E-state index contributed by atoms with van der Waals surface area (Å²) in [5.74, 6) is 2.86. The van der Waals surface area contributed by atoms with E-state index in [-0.39, 0.29) is 11.7 Å². The Hall–Kier alpha value is -2.74. The molecule has 1 N–H and O–H groups in total. The highest BCUT2D eigenvalue weighted by Gasteiger charge is 2.19. The zero-order valence-electron chi connectivity index (χ0n) is 16.4. The van der Waals surface area contributed by atoms with Gasteiger partial charge in [0.1, 0.15) is 11.5 Å². The van der Waals surface area contributed by atoms with Gasteiger partial charge in [-0.1, -0.05) is 25.6 Å². The first-order valence-electron chi connectivity index (χ1n) is 9.02.